The number of phenolic OH excluding ortho intramolecular Hbond substituents is 2. The Morgan fingerprint density at radius 2 is 1.94 bits per heavy atom. The van der Waals surface area contributed by atoms with E-state index >= 15 is 0 Å². The van der Waals surface area contributed by atoms with Crippen LogP contribution in [0.5, 0.6) is 17.2 Å². The number of rotatable bonds is 6. The highest BCUT2D eigenvalue weighted by molar-refractivity contribution is 7.94. The lowest BCUT2D eigenvalue weighted by Crippen LogP contribution is -2.57. The molecule has 0 saturated carbocycles. The van der Waals surface area contributed by atoms with Crippen molar-refractivity contribution in [2.24, 2.45) is 5.16 Å². The van der Waals surface area contributed by atoms with Crippen molar-refractivity contribution in [3.05, 3.63) is 41.4 Å². The minimum absolute atomic E-state index is 0.0675. The summed E-state index contributed by atoms with van der Waals surface area (Å²) in [4.78, 5) is 29.6. The van der Waals surface area contributed by atoms with Crippen molar-refractivity contribution >= 4 is 50.9 Å². The van der Waals surface area contributed by atoms with Gasteiger partial charge in [-0.15, -0.1) is 0 Å². The largest absolute Gasteiger partial charge is 0.504 e. The summed E-state index contributed by atoms with van der Waals surface area (Å²) in [5, 5.41) is 34.1. The number of aromatic hydroxyl groups is 2. The minimum atomic E-state index is -4.03. The quantitative estimate of drug-likeness (QED) is 0.154. The van der Waals surface area contributed by atoms with Crippen molar-refractivity contribution in [1.82, 2.24) is 4.90 Å². The van der Waals surface area contributed by atoms with Gasteiger partial charge in [0, 0.05) is 5.69 Å². The number of oxime groups is 1. The van der Waals surface area contributed by atoms with Crippen molar-refractivity contribution in [1.29, 1.82) is 0 Å². The van der Waals surface area contributed by atoms with E-state index in [1.165, 1.54) is 31.2 Å². The van der Waals surface area contributed by atoms with E-state index in [4.69, 9.17) is 16.4 Å². The van der Waals surface area contributed by atoms with Crippen molar-refractivity contribution < 1.29 is 38.2 Å². The maximum absolute atomic E-state index is 12.8. The predicted molar refractivity (Wildman–Crippen MR) is 118 cm³/mol. The van der Waals surface area contributed by atoms with Gasteiger partial charge in [-0.3, -0.25) is 4.79 Å². The number of amides is 1. The Hall–Kier alpha value is -3.51. The minimum Gasteiger partial charge on any atom is -0.504 e. The van der Waals surface area contributed by atoms with Crippen LogP contribution < -0.4 is 10.2 Å². The Balaban J connectivity index is 1.49. The van der Waals surface area contributed by atoms with Gasteiger partial charge in [-0.25, -0.2) is 13.2 Å². The molecule has 3 atom stereocenters. The highest BCUT2D eigenvalue weighted by atomic mass is 35.5. The zero-order chi connectivity index (χ0) is 24.1. The van der Waals surface area contributed by atoms with Gasteiger partial charge in [-0.1, -0.05) is 16.8 Å². The molecule has 11 nitrogen and oxygen atoms in total. The van der Waals surface area contributed by atoms with Crippen molar-refractivity contribution in [3.8, 4) is 17.2 Å². The number of aliphatic carboxylic acids is 1. The fourth-order valence-electron chi connectivity index (χ4n) is 3.80. The van der Waals surface area contributed by atoms with E-state index in [-0.39, 0.29) is 22.9 Å². The topological polar surface area (TPSA) is 166 Å². The summed E-state index contributed by atoms with van der Waals surface area (Å²) in [6.07, 6.45) is 0.644. The summed E-state index contributed by atoms with van der Waals surface area (Å²) in [6, 6.07) is 7.33. The first kappa shape index (κ1) is 22.7. The fraction of sp³-hybridized carbons (Fsp3) is 0.250. The lowest BCUT2D eigenvalue weighted by atomic mass is 9.98. The standard InChI is InChI=1S/C20H18ClN3O8S/c1-20(18(19(28)29)24-14(26)8-15(24)33(20,30)31)9-22-32-11-4-2-10(3-5-11)23-12-6-7-13(25)17(27)16(12)21/h2-7,9,15,18,23,25,27H,8H2,1H3,(H,28,29)/b22-9+/t15-,18+,20+/m1/s1. The molecule has 2 aromatic carbocycles. The Labute approximate surface area is 192 Å². The molecule has 0 aromatic heterocycles. The first-order valence-electron chi connectivity index (χ1n) is 9.54. The number of hydrogen-bond acceptors (Lipinski definition) is 9. The number of carbonyl (C=O) groups excluding carboxylic acids is 1. The second-order valence-corrected chi connectivity index (χ2v) is 10.6. The number of β-lactam (4-membered cyclic amide) rings is 1. The Kier molecular flexibility index (Phi) is 5.37. The summed E-state index contributed by atoms with van der Waals surface area (Å²) >= 11 is 5.98. The Morgan fingerprint density at radius 1 is 1.27 bits per heavy atom. The predicted octanol–water partition coefficient (Wildman–Crippen LogP) is 2.06. The molecule has 33 heavy (non-hydrogen) atoms. The SMILES string of the molecule is C[C@]1(/C=N/Oc2ccc(Nc3ccc(O)c(O)c3Cl)cc2)[C@H](C(=O)O)N2C(=O)C[C@H]2S1(=O)=O. The molecule has 13 heteroatoms. The molecule has 2 aromatic rings. The lowest BCUT2D eigenvalue weighted by molar-refractivity contribution is -0.156. The molecule has 4 N–H and O–H groups in total. The van der Waals surface area contributed by atoms with Crippen LogP contribution in [0.1, 0.15) is 13.3 Å². The average Bonchev–Trinajstić information content (AvgIpc) is 2.90. The van der Waals surface area contributed by atoms with E-state index < -0.39 is 43.6 Å². The van der Waals surface area contributed by atoms with Gasteiger partial charge in [0.15, 0.2) is 33.1 Å². The number of phenols is 2. The summed E-state index contributed by atoms with van der Waals surface area (Å²) < 4.78 is 23.7. The molecule has 0 aliphatic carbocycles. The summed E-state index contributed by atoms with van der Waals surface area (Å²) in [5.74, 6) is -2.58. The molecule has 0 spiro atoms. The van der Waals surface area contributed by atoms with Crippen LogP contribution in [0.15, 0.2) is 41.6 Å². The number of carbonyl (C=O) groups is 2. The first-order valence-corrected chi connectivity index (χ1v) is 11.5. The number of carboxylic acids is 1. The molecule has 2 saturated heterocycles. The lowest BCUT2D eigenvalue weighted by Gasteiger charge is -2.35. The van der Waals surface area contributed by atoms with Gasteiger partial charge in [0.1, 0.15) is 15.1 Å². The first-order chi connectivity index (χ1) is 15.5. The number of carboxylic acid groups (broad SMARTS) is 1. The van der Waals surface area contributed by atoms with Gasteiger partial charge in [0.05, 0.1) is 18.3 Å². The second-order valence-electron chi connectivity index (χ2n) is 7.70. The van der Waals surface area contributed by atoms with Crippen molar-refractivity contribution in [2.75, 3.05) is 5.32 Å². The van der Waals surface area contributed by atoms with E-state index in [2.05, 4.69) is 10.5 Å². The molecule has 0 bridgehead atoms. The monoisotopic (exact) mass is 495 g/mol. The molecule has 0 radical (unpaired) electrons. The number of nitrogens with zero attached hydrogens (tertiary/aromatic N) is 2. The van der Waals surface area contributed by atoms with Gasteiger partial charge in [0.2, 0.25) is 5.91 Å². The van der Waals surface area contributed by atoms with Gasteiger partial charge in [0.25, 0.3) is 0 Å². The highest BCUT2D eigenvalue weighted by Gasteiger charge is 2.69. The van der Waals surface area contributed by atoms with Crippen LogP contribution in [0.3, 0.4) is 0 Å². The second kappa shape index (κ2) is 7.81. The molecular formula is C20H18ClN3O8S. The number of anilines is 2. The fourth-order valence-corrected chi connectivity index (χ4v) is 6.21. The molecule has 4 rings (SSSR count). The number of nitrogens with one attached hydrogen (secondary N) is 1. The Morgan fingerprint density at radius 3 is 2.55 bits per heavy atom. The molecule has 2 heterocycles. The van der Waals surface area contributed by atoms with Gasteiger partial charge in [-0.2, -0.15) is 0 Å². The summed E-state index contributed by atoms with van der Waals surface area (Å²) in [6.45, 7) is 1.20. The third-order valence-corrected chi connectivity index (χ3v) is 8.72. The number of sulfone groups is 1. The molecule has 174 valence electrons. The number of hydrogen-bond donors (Lipinski definition) is 4. The zero-order valence-corrected chi connectivity index (χ0v) is 18.5. The van der Waals surface area contributed by atoms with Crippen molar-refractivity contribution in [2.45, 2.75) is 29.5 Å². The van der Waals surface area contributed by atoms with Crippen LogP contribution in [0.2, 0.25) is 5.02 Å². The third kappa shape index (κ3) is 3.51. The van der Waals surface area contributed by atoms with Gasteiger partial charge in [-0.05, 0) is 43.3 Å². The third-order valence-electron chi connectivity index (χ3n) is 5.67. The summed E-state index contributed by atoms with van der Waals surface area (Å²) in [5.41, 5.74) is 0.898. The van der Waals surface area contributed by atoms with E-state index in [0.29, 0.717) is 11.4 Å². The molecule has 2 aliphatic heterocycles. The van der Waals surface area contributed by atoms with Crippen LogP contribution in [-0.2, 0) is 19.4 Å². The van der Waals surface area contributed by atoms with E-state index in [1.807, 2.05) is 0 Å². The molecular weight excluding hydrogens is 478 g/mol. The number of fused-ring (bicyclic) bond motifs is 1. The van der Waals surface area contributed by atoms with Crippen LogP contribution in [0.25, 0.3) is 0 Å². The molecule has 2 fully saturated rings. The molecule has 2 aliphatic rings. The van der Waals surface area contributed by atoms with Crippen LogP contribution in [0, 0.1) is 0 Å². The van der Waals surface area contributed by atoms with E-state index in [1.54, 1.807) is 12.1 Å². The average molecular weight is 496 g/mol. The van der Waals surface area contributed by atoms with Crippen LogP contribution >= 0.6 is 11.6 Å². The zero-order valence-electron chi connectivity index (χ0n) is 17.0. The maximum atomic E-state index is 12.8. The maximum Gasteiger partial charge on any atom is 0.328 e. The smallest absolute Gasteiger partial charge is 0.328 e. The van der Waals surface area contributed by atoms with Crippen molar-refractivity contribution in [3.63, 3.8) is 0 Å². The Bertz CT molecular complexity index is 1280. The van der Waals surface area contributed by atoms with E-state index in [9.17, 15) is 33.3 Å². The highest BCUT2D eigenvalue weighted by Crippen LogP contribution is 2.45. The van der Waals surface area contributed by atoms with Crippen LogP contribution in [-0.4, -0.2) is 62.9 Å². The number of halogens is 1. The molecule has 1 amide bonds. The van der Waals surface area contributed by atoms with E-state index in [0.717, 1.165) is 11.1 Å². The number of benzene rings is 2. The van der Waals surface area contributed by atoms with Gasteiger partial charge < -0.3 is 30.4 Å². The van der Waals surface area contributed by atoms with Gasteiger partial charge >= 0.3 is 5.97 Å². The summed E-state index contributed by atoms with van der Waals surface area (Å²) in [7, 11) is -4.03. The normalized spacial score (nSPS) is 25.5. The van der Waals surface area contributed by atoms with Crippen LogP contribution in [0.4, 0.5) is 11.4 Å². The molecule has 0 unspecified atom stereocenters.